The molecule has 0 spiro atoms. The minimum atomic E-state index is -0.112. The Balaban J connectivity index is 1.54. The summed E-state index contributed by atoms with van der Waals surface area (Å²) in [6.45, 7) is 3.91. The van der Waals surface area contributed by atoms with Crippen LogP contribution in [0.4, 0.5) is 11.4 Å². The Kier molecular flexibility index (Phi) is 5.76. The molecule has 3 aromatic rings. The zero-order valence-electron chi connectivity index (χ0n) is 17.8. The number of aromatic amines is 1. The molecule has 5 rings (SSSR count). The summed E-state index contributed by atoms with van der Waals surface area (Å²) in [5.74, 6) is 0.544. The van der Waals surface area contributed by atoms with Gasteiger partial charge in [0.05, 0.1) is 46.6 Å². The third-order valence-electron chi connectivity index (χ3n) is 5.96. The highest BCUT2D eigenvalue weighted by atomic mass is 35.5. The molecule has 0 aliphatic carbocycles. The van der Waals surface area contributed by atoms with Crippen LogP contribution < -0.4 is 15.4 Å². The highest BCUT2D eigenvalue weighted by Crippen LogP contribution is 2.41. The molecule has 1 saturated heterocycles. The fraction of sp³-hybridized carbons (Fsp3) is 0.333. The van der Waals surface area contributed by atoms with Gasteiger partial charge in [-0.25, -0.2) is 0 Å². The number of rotatable bonds is 7. The number of pyridine rings is 1. The van der Waals surface area contributed by atoms with Crippen LogP contribution in [-0.2, 0) is 11.2 Å². The van der Waals surface area contributed by atoms with E-state index in [0.717, 1.165) is 54.1 Å². The number of hydrogen-bond donors (Lipinski definition) is 3. The molecular formula is C24H25ClN4O3. The molecule has 3 N–H and O–H groups in total. The van der Waals surface area contributed by atoms with Gasteiger partial charge in [0.1, 0.15) is 5.75 Å². The molecule has 0 bridgehead atoms. The SMILES string of the molecule is Cc1cccc(Nc2c(-c3ccncc3OCCC3CCO3)[nH]c3c2C(=O)NCC3)c1Cl. The van der Waals surface area contributed by atoms with Crippen molar-refractivity contribution in [3.8, 4) is 17.0 Å². The lowest BCUT2D eigenvalue weighted by Crippen LogP contribution is -2.31. The van der Waals surface area contributed by atoms with Gasteiger partial charge in [-0.3, -0.25) is 9.78 Å². The molecule has 1 atom stereocenters. The van der Waals surface area contributed by atoms with Gasteiger partial charge < -0.3 is 25.1 Å². The van der Waals surface area contributed by atoms with Crippen LogP contribution in [0, 0.1) is 6.92 Å². The fourth-order valence-corrected chi connectivity index (χ4v) is 4.27. The van der Waals surface area contributed by atoms with Crippen molar-refractivity contribution >= 4 is 28.9 Å². The molecule has 1 aromatic carbocycles. The van der Waals surface area contributed by atoms with Crippen LogP contribution in [0.15, 0.2) is 36.7 Å². The molecule has 2 aliphatic rings. The Labute approximate surface area is 191 Å². The first-order valence-electron chi connectivity index (χ1n) is 10.9. The number of nitrogens with zero attached hydrogens (tertiary/aromatic N) is 1. The van der Waals surface area contributed by atoms with Gasteiger partial charge in [-0.2, -0.15) is 0 Å². The van der Waals surface area contributed by atoms with Crippen LogP contribution in [0.5, 0.6) is 5.75 Å². The summed E-state index contributed by atoms with van der Waals surface area (Å²) in [4.78, 5) is 20.5. The Hall–Kier alpha value is -3.03. The summed E-state index contributed by atoms with van der Waals surface area (Å²) in [7, 11) is 0. The minimum Gasteiger partial charge on any atom is -0.491 e. The highest BCUT2D eigenvalue weighted by Gasteiger charge is 2.28. The third kappa shape index (κ3) is 3.94. The standard InChI is InChI=1S/C24H25ClN4O3/c1-14-3-2-4-18(21(14)25)29-23-20-17(6-10-27-24(20)30)28-22(23)16-5-9-26-13-19(16)32-12-8-15-7-11-31-15/h2-5,9,13,15,28-29H,6-8,10-12H2,1H3,(H,27,30). The molecule has 7 nitrogen and oxygen atoms in total. The number of H-pyrrole nitrogens is 1. The summed E-state index contributed by atoms with van der Waals surface area (Å²) >= 11 is 6.56. The van der Waals surface area contributed by atoms with Crippen LogP contribution in [0.3, 0.4) is 0 Å². The number of halogens is 1. The predicted octanol–water partition coefficient (Wildman–Crippen LogP) is 4.63. The largest absolute Gasteiger partial charge is 0.491 e. The van der Waals surface area contributed by atoms with Crippen molar-refractivity contribution < 1.29 is 14.3 Å². The monoisotopic (exact) mass is 452 g/mol. The number of amides is 1. The molecule has 166 valence electrons. The smallest absolute Gasteiger partial charge is 0.255 e. The number of aryl methyl sites for hydroxylation is 1. The van der Waals surface area contributed by atoms with Crippen molar-refractivity contribution in [1.29, 1.82) is 0 Å². The lowest BCUT2D eigenvalue weighted by atomic mass is 10.0. The van der Waals surface area contributed by atoms with Crippen molar-refractivity contribution in [3.63, 3.8) is 0 Å². The second kappa shape index (κ2) is 8.84. The molecule has 8 heteroatoms. The van der Waals surface area contributed by atoms with Gasteiger partial charge >= 0.3 is 0 Å². The lowest BCUT2D eigenvalue weighted by molar-refractivity contribution is -0.0596. The van der Waals surface area contributed by atoms with E-state index in [9.17, 15) is 4.79 Å². The molecular weight excluding hydrogens is 428 g/mol. The van der Waals surface area contributed by atoms with Gasteiger partial charge in [0.2, 0.25) is 0 Å². The first-order chi connectivity index (χ1) is 15.6. The van der Waals surface area contributed by atoms with E-state index in [1.807, 2.05) is 31.2 Å². The topological polar surface area (TPSA) is 88.3 Å². The number of carbonyl (C=O) groups is 1. The summed E-state index contributed by atoms with van der Waals surface area (Å²) in [5.41, 5.74) is 5.49. The van der Waals surface area contributed by atoms with E-state index in [1.54, 1.807) is 12.4 Å². The number of aromatic nitrogens is 2. The highest BCUT2D eigenvalue weighted by molar-refractivity contribution is 6.34. The summed E-state index contributed by atoms with van der Waals surface area (Å²) in [6.07, 6.45) is 6.34. The molecule has 1 amide bonds. The Morgan fingerprint density at radius 2 is 2.22 bits per heavy atom. The van der Waals surface area contributed by atoms with E-state index in [2.05, 4.69) is 20.6 Å². The zero-order valence-corrected chi connectivity index (χ0v) is 18.6. The first kappa shape index (κ1) is 20.8. The van der Waals surface area contributed by atoms with Crippen molar-refractivity contribution in [1.82, 2.24) is 15.3 Å². The minimum absolute atomic E-state index is 0.112. The second-order valence-electron chi connectivity index (χ2n) is 8.09. The maximum Gasteiger partial charge on any atom is 0.255 e. The molecule has 32 heavy (non-hydrogen) atoms. The molecule has 1 unspecified atom stereocenters. The normalized spacial score (nSPS) is 17.3. The van der Waals surface area contributed by atoms with Gasteiger partial charge in [-0.15, -0.1) is 0 Å². The Morgan fingerprint density at radius 1 is 1.34 bits per heavy atom. The van der Waals surface area contributed by atoms with Crippen LogP contribution in [-0.4, -0.2) is 41.7 Å². The van der Waals surface area contributed by atoms with E-state index in [1.165, 1.54) is 0 Å². The van der Waals surface area contributed by atoms with Crippen LogP contribution in [0.25, 0.3) is 11.3 Å². The Bertz CT molecular complexity index is 1160. The fourth-order valence-electron chi connectivity index (χ4n) is 4.10. The average molecular weight is 453 g/mol. The lowest BCUT2D eigenvalue weighted by Gasteiger charge is -2.26. The van der Waals surface area contributed by atoms with Crippen molar-refractivity contribution in [3.05, 3.63) is 58.5 Å². The molecule has 2 aliphatic heterocycles. The van der Waals surface area contributed by atoms with Crippen molar-refractivity contribution in [2.24, 2.45) is 0 Å². The number of carbonyl (C=O) groups excluding carboxylic acids is 1. The second-order valence-corrected chi connectivity index (χ2v) is 8.46. The van der Waals surface area contributed by atoms with Crippen LogP contribution in [0.2, 0.25) is 5.02 Å². The maximum atomic E-state index is 12.8. The number of fused-ring (bicyclic) bond motifs is 1. The number of nitrogens with one attached hydrogen (secondary N) is 3. The number of ether oxygens (including phenoxy) is 2. The van der Waals surface area contributed by atoms with Gasteiger partial charge in [0.15, 0.2) is 0 Å². The van der Waals surface area contributed by atoms with Gasteiger partial charge in [-0.1, -0.05) is 23.7 Å². The van der Waals surface area contributed by atoms with Crippen molar-refractivity contribution in [2.75, 3.05) is 25.1 Å². The molecule has 0 radical (unpaired) electrons. The quantitative estimate of drug-likeness (QED) is 0.486. The van der Waals surface area contributed by atoms with Crippen LogP contribution >= 0.6 is 11.6 Å². The van der Waals surface area contributed by atoms with Crippen molar-refractivity contribution in [2.45, 2.75) is 32.3 Å². The van der Waals surface area contributed by atoms with Gasteiger partial charge in [0.25, 0.3) is 5.91 Å². The predicted molar refractivity (Wildman–Crippen MR) is 124 cm³/mol. The van der Waals surface area contributed by atoms with Gasteiger partial charge in [-0.05, 0) is 31.0 Å². The van der Waals surface area contributed by atoms with E-state index in [-0.39, 0.29) is 12.0 Å². The molecule has 4 heterocycles. The summed E-state index contributed by atoms with van der Waals surface area (Å²) in [5, 5.41) is 6.98. The zero-order chi connectivity index (χ0) is 22.1. The van der Waals surface area contributed by atoms with E-state index in [4.69, 9.17) is 21.1 Å². The van der Waals surface area contributed by atoms with E-state index < -0.39 is 0 Å². The average Bonchev–Trinajstić information content (AvgIpc) is 3.13. The number of hydrogen-bond acceptors (Lipinski definition) is 5. The third-order valence-corrected chi connectivity index (χ3v) is 6.46. The molecule has 1 fully saturated rings. The van der Waals surface area contributed by atoms with E-state index >= 15 is 0 Å². The maximum absolute atomic E-state index is 12.8. The van der Waals surface area contributed by atoms with E-state index in [0.29, 0.717) is 35.2 Å². The molecule has 0 saturated carbocycles. The van der Waals surface area contributed by atoms with Crippen LogP contribution in [0.1, 0.15) is 34.5 Å². The van der Waals surface area contributed by atoms with Gasteiger partial charge in [0, 0.05) is 43.4 Å². The molecule has 2 aromatic heterocycles. The number of benzene rings is 1. The Morgan fingerprint density at radius 3 is 3.03 bits per heavy atom. The first-order valence-corrected chi connectivity index (χ1v) is 11.2. The summed E-state index contributed by atoms with van der Waals surface area (Å²) < 4.78 is 11.6. The summed E-state index contributed by atoms with van der Waals surface area (Å²) in [6, 6.07) is 7.69. The number of anilines is 2.